The van der Waals surface area contributed by atoms with Crippen LogP contribution in [-0.4, -0.2) is 75.3 Å². The van der Waals surface area contributed by atoms with Gasteiger partial charge in [-0.25, -0.2) is 9.37 Å². The highest BCUT2D eigenvalue weighted by molar-refractivity contribution is 8.02. The molecule has 2 aromatic rings. The summed E-state index contributed by atoms with van der Waals surface area (Å²) in [7, 11) is -0.409. The molecule has 5 atom stereocenters. The maximum absolute atomic E-state index is 13.4. The highest BCUT2D eigenvalue weighted by Crippen LogP contribution is 2.27. The van der Waals surface area contributed by atoms with E-state index in [0.29, 0.717) is 23.4 Å². The summed E-state index contributed by atoms with van der Waals surface area (Å²) in [5.74, 6) is 0.0451. The van der Waals surface area contributed by atoms with E-state index in [-0.39, 0.29) is 18.7 Å². The van der Waals surface area contributed by atoms with Gasteiger partial charge in [0.05, 0.1) is 19.0 Å². The topological polar surface area (TPSA) is 159 Å². The average molecular weight is 522 g/mol. The number of nitrogens with two attached hydrogens (primary N) is 1. The summed E-state index contributed by atoms with van der Waals surface area (Å²) in [5.41, 5.74) is 6.72. The normalized spacial score (nSPS) is 16.2. The summed E-state index contributed by atoms with van der Waals surface area (Å²) in [4.78, 5) is 24.6. The molecule has 0 radical (unpaired) electrons. The Morgan fingerprint density at radius 3 is 2.68 bits per heavy atom. The summed E-state index contributed by atoms with van der Waals surface area (Å²) in [6.07, 6.45) is -1.46. The number of aliphatic hydroxyl groups excluding tert-OH is 1. The summed E-state index contributed by atoms with van der Waals surface area (Å²) in [5, 5.41) is 16.0. The number of halogens is 1. The Bertz CT molecular complexity index is 982. The predicted molar refractivity (Wildman–Crippen MR) is 131 cm³/mol. The van der Waals surface area contributed by atoms with Crippen LogP contribution in [0.25, 0.3) is 11.2 Å². The fourth-order valence-electron chi connectivity index (χ4n) is 2.99. The van der Waals surface area contributed by atoms with Crippen LogP contribution in [0.1, 0.15) is 40.3 Å². The lowest BCUT2D eigenvalue weighted by Gasteiger charge is -2.28. The van der Waals surface area contributed by atoms with Crippen molar-refractivity contribution in [2.45, 2.75) is 64.7 Å². The predicted octanol–water partition coefficient (Wildman–Crippen LogP) is 1.53. The molecule has 0 aliphatic heterocycles. The zero-order valence-corrected chi connectivity index (χ0v) is 21.6. The molecule has 1 unspecified atom stereocenters. The third-order valence-corrected chi connectivity index (χ3v) is 6.48. The summed E-state index contributed by atoms with van der Waals surface area (Å²) in [6.45, 7) is 5.72. The van der Waals surface area contributed by atoms with E-state index >= 15 is 0 Å². The van der Waals surface area contributed by atoms with Crippen LogP contribution in [0.4, 0.5) is 16.2 Å². The zero-order valence-electron chi connectivity index (χ0n) is 19.8. The van der Waals surface area contributed by atoms with Crippen molar-refractivity contribution < 1.29 is 28.3 Å². The van der Waals surface area contributed by atoms with Gasteiger partial charge in [0, 0.05) is 7.05 Å². The minimum absolute atomic E-state index is 0.0478. The summed E-state index contributed by atoms with van der Waals surface area (Å²) in [6, 6.07) is -0.675. The van der Waals surface area contributed by atoms with Crippen molar-refractivity contribution in [2.75, 3.05) is 31.4 Å². The zero-order chi connectivity index (χ0) is 25.4. The third-order valence-electron chi connectivity index (χ3n) is 4.67. The molecule has 2 heterocycles. The maximum atomic E-state index is 13.4. The van der Waals surface area contributed by atoms with Crippen LogP contribution < -0.4 is 16.1 Å². The van der Waals surface area contributed by atoms with Crippen molar-refractivity contribution in [3.8, 4) is 0 Å². The van der Waals surface area contributed by atoms with Crippen LogP contribution in [0, 0.1) is 0 Å². The van der Waals surface area contributed by atoms with Gasteiger partial charge in [-0.1, -0.05) is 18.7 Å². The standard InChI is InChI=1S/C19H33FN7O5PS/c1-6-14(27-9-23-15-16(22-5)24-19(21)25-17(15)27)32-13(12(28)7-20)8-30-33(34)26-11(4)18(29)31-10(2)3/h9-14,28,33H,6-8H2,1-5H3,(H,26,34)(H3,21,22,24,25)/t11-,12+,13-,14-/m1/s1. The number of rotatable bonds is 14. The van der Waals surface area contributed by atoms with E-state index in [1.807, 2.05) is 6.92 Å². The number of carbonyl (C=O) groups excluding carboxylic acids is 1. The first-order valence-electron chi connectivity index (χ1n) is 10.8. The van der Waals surface area contributed by atoms with Crippen molar-refractivity contribution in [1.82, 2.24) is 24.6 Å². The van der Waals surface area contributed by atoms with E-state index in [0.717, 1.165) is 0 Å². The lowest BCUT2D eigenvalue weighted by atomic mass is 10.2. The molecule has 5 N–H and O–H groups in total. The van der Waals surface area contributed by atoms with Crippen LogP contribution in [0.2, 0.25) is 0 Å². The molecular formula is C19H33FN7O5PS. The van der Waals surface area contributed by atoms with E-state index in [1.165, 1.54) is 6.33 Å². The number of hydrogen-bond acceptors (Lipinski definition) is 11. The number of fused-ring (bicyclic) bond motifs is 1. The monoisotopic (exact) mass is 521 g/mol. The number of hydrogen-bond donors (Lipinski definition) is 4. The van der Waals surface area contributed by atoms with Gasteiger partial charge in [0.1, 0.15) is 38.2 Å². The SMILES string of the molecule is CC[C@@H](O[C@H](CO[PH](=S)N[C@H](C)C(=O)OC(C)C)[C@@H](O)CF)n1cnc2c(NC)nc(N)nc21. The van der Waals surface area contributed by atoms with Gasteiger partial charge in [0.15, 0.2) is 17.0 Å². The number of nitrogen functional groups attached to an aromatic ring is 1. The highest BCUT2D eigenvalue weighted by Gasteiger charge is 2.27. The number of ether oxygens (including phenoxy) is 2. The number of alkyl halides is 1. The van der Waals surface area contributed by atoms with Gasteiger partial charge in [-0.2, -0.15) is 9.97 Å². The Morgan fingerprint density at radius 1 is 1.38 bits per heavy atom. The number of anilines is 2. The summed E-state index contributed by atoms with van der Waals surface area (Å²) >= 11 is 5.29. The molecule has 2 rings (SSSR count). The minimum atomic E-state index is -2.09. The van der Waals surface area contributed by atoms with Gasteiger partial charge in [-0.3, -0.25) is 14.4 Å². The number of esters is 1. The molecule has 0 aliphatic carbocycles. The Kier molecular flexibility index (Phi) is 11.0. The maximum Gasteiger partial charge on any atom is 0.323 e. The average Bonchev–Trinajstić information content (AvgIpc) is 3.21. The van der Waals surface area contributed by atoms with Crippen molar-refractivity contribution in [3.63, 3.8) is 0 Å². The number of aromatic nitrogens is 4. The number of nitrogens with one attached hydrogen (secondary N) is 2. The molecule has 0 saturated heterocycles. The molecule has 0 amide bonds. The number of nitrogens with zero attached hydrogens (tertiary/aromatic N) is 4. The second-order valence-corrected chi connectivity index (χ2v) is 9.98. The Morgan fingerprint density at radius 2 is 2.09 bits per heavy atom. The van der Waals surface area contributed by atoms with Crippen molar-refractivity contribution in [2.24, 2.45) is 0 Å². The molecule has 0 spiro atoms. The number of aliphatic hydroxyl groups is 1. The first-order valence-corrected chi connectivity index (χ1v) is 13.4. The molecule has 0 bridgehead atoms. The fraction of sp³-hybridized carbons (Fsp3) is 0.684. The van der Waals surface area contributed by atoms with E-state index in [4.69, 9.17) is 31.5 Å². The Labute approximate surface area is 203 Å². The van der Waals surface area contributed by atoms with Crippen LogP contribution in [0.3, 0.4) is 0 Å². The van der Waals surface area contributed by atoms with Crippen LogP contribution >= 0.6 is 7.07 Å². The molecule has 0 fully saturated rings. The largest absolute Gasteiger partial charge is 0.462 e. The number of imidazole rings is 1. The van der Waals surface area contributed by atoms with Crippen LogP contribution in [0.5, 0.6) is 0 Å². The Balaban J connectivity index is 2.12. The van der Waals surface area contributed by atoms with Gasteiger partial charge in [0.2, 0.25) is 5.95 Å². The highest BCUT2D eigenvalue weighted by atomic mass is 32.4. The van der Waals surface area contributed by atoms with Crippen LogP contribution in [-0.2, 0) is 30.6 Å². The second-order valence-electron chi connectivity index (χ2n) is 7.71. The van der Waals surface area contributed by atoms with Crippen molar-refractivity contribution >= 4 is 47.8 Å². The van der Waals surface area contributed by atoms with Gasteiger partial charge in [-0.05, 0) is 27.2 Å². The second kappa shape index (κ2) is 13.2. The molecule has 2 aromatic heterocycles. The molecule has 0 aliphatic rings. The fourth-order valence-corrected chi connectivity index (χ4v) is 4.59. The minimum Gasteiger partial charge on any atom is -0.462 e. The smallest absolute Gasteiger partial charge is 0.323 e. The first-order chi connectivity index (χ1) is 16.1. The van der Waals surface area contributed by atoms with Crippen molar-refractivity contribution in [1.29, 1.82) is 0 Å². The molecule has 34 heavy (non-hydrogen) atoms. The third kappa shape index (κ3) is 7.52. The summed E-state index contributed by atoms with van der Waals surface area (Å²) < 4.78 is 31.8. The van der Waals surface area contributed by atoms with Gasteiger partial charge in [0.25, 0.3) is 0 Å². The lowest BCUT2D eigenvalue weighted by Crippen LogP contribution is -2.37. The van der Waals surface area contributed by atoms with Crippen LogP contribution in [0.15, 0.2) is 6.33 Å². The van der Waals surface area contributed by atoms with E-state index in [1.54, 1.807) is 32.4 Å². The quantitative estimate of drug-likeness (QED) is 0.210. The van der Waals surface area contributed by atoms with Gasteiger partial charge in [-0.15, -0.1) is 0 Å². The Hall–Kier alpha value is -1.96. The number of carbonyl (C=O) groups is 1. The first kappa shape index (κ1) is 28.3. The lowest BCUT2D eigenvalue weighted by molar-refractivity contribution is -0.148. The van der Waals surface area contributed by atoms with E-state index in [9.17, 15) is 14.3 Å². The molecule has 0 aromatic carbocycles. The van der Waals surface area contributed by atoms with E-state index < -0.39 is 44.2 Å². The molecular weight excluding hydrogens is 488 g/mol. The van der Waals surface area contributed by atoms with Crippen molar-refractivity contribution in [3.05, 3.63) is 6.33 Å². The van der Waals surface area contributed by atoms with Gasteiger partial charge >= 0.3 is 5.97 Å². The van der Waals surface area contributed by atoms with E-state index in [2.05, 4.69) is 25.4 Å². The molecule has 15 heteroatoms. The molecule has 192 valence electrons. The van der Waals surface area contributed by atoms with Gasteiger partial charge < -0.3 is 30.2 Å². The molecule has 12 nitrogen and oxygen atoms in total. The molecule has 0 saturated carbocycles.